The van der Waals surface area contributed by atoms with E-state index in [0.29, 0.717) is 12.8 Å². The molecule has 0 aromatic heterocycles. The van der Waals surface area contributed by atoms with Crippen LogP contribution in [0.15, 0.2) is 45.5 Å². The molecule has 3 rings (SSSR count). The first-order valence-corrected chi connectivity index (χ1v) is 10.5. The summed E-state index contributed by atoms with van der Waals surface area (Å²) < 4.78 is 26.3. The zero-order valence-corrected chi connectivity index (χ0v) is 16.6. The molecule has 1 aromatic carbocycles. The second-order valence-corrected chi connectivity index (χ2v) is 9.80. The predicted molar refractivity (Wildman–Crippen MR) is 98.9 cm³/mol. The fourth-order valence-electron chi connectivity index (χ4n) is 3.49. The Hall–Kier alpha value is -1.13. The molecule has 0 amide bonds. The summed E-state index contributed by atoms with van der Waals surface area (Å²) in [6, 6.07) is 6.36. The maximum absolute atomic E-state index is 12.8. The van der Waals surface area contributed by atoms with Crippen molar-refractivity contribution >= 4 is 25.8 Å². The van der Waals surface area contributed by atoms with Gasteiger partial charge in [0.05, 0.1) is 28.0 Å². The van der Waals surface area contributed by atoms with E-state index >= 15 is 0 Å². The summed E-state index contributed by atoms with van der Waals surface area (Å²) in [4.78, 5) is 0.228. The Morgan fingerprint density at radius 1 is 1.32 bits per heavy atom. The van der Waals surface area contributed by atoms with Gasteiger partial charge in [-0.15, -0.1) is 5.53 Å². The predicted octanol–water partition coefficient (Wildman–Crippen LogP) is 0.890. The van der Waals surface area contributed by atoms with Gasteiger partial charge in [-0.05, 0) is 44.0 Å². The third-order valence-electron chi connectivity index (χ3n) is 4.47. The average molecular weight is 431 g/mol. The van der Waals surface area contributed by atoms with Crippen LogP contribution in [0.1, 0.15) is 19.8 Å². The quantitative estimate of drug-likeness (QED) is 0.563. The Balaban J connectivity index is 1.80. The Kier molecular flexibility index (Phi) is 5.13. The monoisotopic (exact) mass is 430 g/mol. The van der Waals surface area contributed by atoms with Crippen LogP contribution in [0.25, 0.3) is 0 Å². The van der Waals surface area contributed by atoms with Crippen molar-refractivity contribution in [1.29, 1.82) is 0 Å². The van der Waals surface area contributed by atoms with Gasteiger partial charge in [0.15, 0.2) is 9.84 Å². The summed E-state index contributed by atoms with van der Waals surface area (Å²) in [5.74, 6) is -0.291. The number of rotatable bonds is 4. The average Bonchev–Trinajstić information content (AvgIpc) is 2.92. The number of halogens is 1. The number of benzene rings is 1. The molecule has 3 atom stereocenters. The molecule has 1 saturated heterocycles. The Morgan fingerprint density at radius 2 is 2.00 bits per heavy atom. The Bertz CT molecular complexity index is 768. The van der Waals surface area contributed by atoms with Crippen LogP contribution < -0.4 is 16.3 Å². The molecule has 0 spiro atoms. The number of hydrogen-bond acceptors (Lipinski definition) is 7. The lowest BCUT2D eigenvalue weighted by molar-refractivity contribution is 0.00699. The largest absolute Gasteiger partial charge is 0.389 e. The topological polar surface area (TPSA) is 93.7 Å². The molecule has 7 nitrogen and oxygen atoms in total. The van der Waals surface area contributed by atoms with Gasteiger partial charge >= 0.3 is 0 Å². The van der Waals surface area contributed by atoms with Crippen molar-refractivity contribution in [1.82, 2.24) is 21.3 Å². The molecule has 0 bridgehead atoms. The minimum Gasteiger partial charge on any atom is -0.389 e. The molecule has 2 aliphatic rings. The second-order valence-electron chi connectivity index (χ2n) is 6.90. The third-order valence-corrected chi connectivity index (χ3v) is 6.91. The van der Waals surface area contributed by atoms with E-state index in [9.17, 15) is 13.5 Å². The molecular weight excluding hydrogens is 408 g/mol. The first-order valence-electron chi connectivity index (χ1n) is 8.10. The minimum atomic E-state index is -3.58. The van der Waals surface area contributed by atoms with Crippen molar-refractivity contribution in [2.45, 2.75) is 42.3 Å². The van der Waals surface area contributed by atoms with Gasteiger partial charge < -0.3 is 15.8 Å². The van der Waals surface area contributed by atoms with Gasteiger partial charge in [-0.3, -0.25) is 5.01 Å². The van der Waals surface area contributed by atoms with E-state index in [4.69, 9.17) is 0 Å². The summed E-state index contributed by atoms with van der Waals surface area (Å²) in [5.41, 5.74) is 5.57. The van der Waals surface area contributed by atoms with Gasteiger partial charge in [-0.2, -0.15) is 0 Å². The second kappa shape index (κ2) is 6.88. The van der Waals surface area contributed by atoms with Crippen molar-refractivity contribution in [2.75, 3.05) is 12.8 Å². The van der Waals surface area contributed by atoms with Gasteiger partial charge in [0, 0.05) is 23.8 Å². The molecule has 0 unspecified atom stereocenters. The van der Waals surface area contributed by atoms with Crippen molar-refractivity contribution in [3.05, 3.63) is 40.6 Å². The fraction of sp³-hybridized carbons (Fsp3) is 0.500. The molecule has 4 N–H and O–H groups in total. The number of hydrogen-bond donors (Lipinski definition) is 4. The molecule has 2 aliphatic heterocycles. The smallest absolute Gasteiger partial charge is 0.181 e. The van der Waals surface area contributed by atoms with E-state index in [1.165, 1.54) is 0 Å². The number of nitrogens with zero attached hydrogens (tertiary/aromatic N) is 1. The maximum atomic E-state index is 12.8. The van der Waals surface area contributed by atoms with Crippen LogP contribution in [0.2, 0.25) is 0 Å². The van der Waals surface area contributed by atoms with Crippen molar-refractivity contribution in [3.8, 4) is 0 Å². The molecule has 2 heterocycles. The first kappa shape index (κ1) is 18.7. The summed E-state index contributed by atoms with van der Waals surface area (Å²) in [6.45, 7) is 1.95. The molecule has 1 fully saturated rings. The fourth-order valence-corrected chi connectivity index (χ4v) is 5.42. The highest BCUT2D eigenvalue weighted by atomic mass is 79.9. The summed E-state index contributed by atoms with van der Waals surface area (Å²) in [7, 11) is -1.72. The van der Waals surface area contributed by atoms with Crippen LogP contribution in [-0.2, 0) is 9.84 Å². The van der Waals surface area contributed by atoms with Crippen LogP contribution >= 0.6 is 15.9 Å². The molecule has 0 aliphatic carbocycles. The summed E-state index contributed by atoms with van der Waals surface area (Å²) >= 11 is 3.30. The van der Waals surface area contributed by atoms with E-state index in [1.807, 2.05) is 20.2 Å². The van der Waals surface area contributed by atoms with E-state index in [-0.39, 0.29) is 22.7 Å². The van der Waals surface area contributed by atoms with Gasteiger partial charge in [0.2, 0.25) is 0 Å². The van der Waals surface area contributed by atoms with E-state index in [0.717, 1.165) is 10.2 Å². The van der Waals surface area contributed by atoms with Crippen LogP contribution in [0.5, 0.6) is 0 Å². The van der Waals surface area contributed by atoms with E-state index in [1.54, 1.807) is 29.3 Å². The SMILES string of the molecule is C[C@H]1C[C@@](O)(CS(=O)(=O)c2ccc(Br)cc2)C[C@@H](C2=CN(C)NN2)N1. The van der Waals surface area contributed by atoms with Gasteiger partial charge in [0.1, 0.15) is 0 Å². The molecule has 1 aromatic rings. The Morgan fingerprint density at radius 3 is 2.60 bits per heavy atom. The van der Waals surface area contributed by atoms with E-state index < -0.39 is 15.4 Å². The van der Waals surface area contributed by atoms with Crippen molar-refractivity contribution in [3.63, 3.8) is 0 Å². The standard InChI is InChI=1S/C16H23BrN4O3S/c1-11-7-16(22,8-14(18-11)15-9-21(2)20-19-15)10-25(23,24)13-5-3-12(17)4-6-13/h3-6,9,11,14,18-20,22H,7-8,10H2,1-2H3/t11-,14-,16-/m0/s1. The molecule has 9 heteroatoms. The van der Waals surface area contributed by atoms with E-state index in [2.05, 4.69) is 32.2 Å². The lowest BCUT2D eigenvalue weighted by Gasteiger charge is -2.41. The molecule has 0 radical (unpaired) electrons. The normalized spacial score (nSPS) is 30.1. The van der Waals surface area contributed by atoms with Gasteiger partial charge in [-0.25, -0.2) is 8.42 Å². The highest BCUT2D eigenvalue weighted by molar-refractivity contribution is 9.10. The minimum absolute atomic E-state index is 0.00234. The molecule has 25 heavy (non-hydrogen) atoms. The number of nitrogens with one attached hydrogen (secondary N) is 3. The van der Waals surface area contributed by atoms with Gasteiger partial charge in [0.25, 0.3) is 0 Å². The van der Waals surface area contributed by atoms with Crippen LogP contribution in [0.3, 0.4) is 0 Å². The highest BCUT2D eigenvalue weighted by Gasteiger charge is 2.42. The van der Waals surface area contributed by atoms with Crippen LogP contribution in [0.4, 0.5) is 0 Å². The zero-order chi connectivity index (χ0) is 18.2. The molecule has 138 valence electrons. The zero-order valence-electron chi connectivity index (χ0n) is 14.2. The van der Waals surface area contributed by atoms with Crippen LogP contribution in [-0.4, -0.2) is 49.0 Å². The molecular formula is C16H23BrN4O3S. The molecule has 0 saturated carbocycles. The lowest BCUT2D eigenvalue weighted by atomic mass is 9.84. The van der Waals surface area contributed by atoms with Crippen LogP contribution in [0, 0.1) is 0 Å². The summed E-state index contributed by atoms with van der Waals surface area (Å²) in [6.07, 6.45) is 2.59. The first-order chi connectivity index (χ1) is 11.7. The number of piperidine rings is 1. The van der Waals surface area contributed by atoms with Crippen molar-refractivity contribution in [2.24, 2.45) is 0 Å². The van der Waals surface area contributed by atoms with Crippen molar-refractivity contribution < 1.29 is 13.5 Å². The Labute approximate surface area is 156 Å². The third kappa shape index (κ3) is 4.35. The maximum Gasteiger partial charge on any atom is 0.181 e. The van der Waals surface area contributed by atoms with Gasteiger partial charge in [-0.1, -0.05) is 15.9 Å². The lowest BCUT2D eigenvalue weighted by Crippen LogP contribution is -2.57. The number of sulfone groups is 1. The number of hydrazine groups is 2. The summed E-state index contributed by atoms with van der Waals surface area (Å²) in [5, 5.41) is 16.3. The highest BCUT2D eigenvalue weighted by Crippen LogP contribution is 2.31. The number of aliphatic hydroxyl groups is 1.